The van der Waals surface area contributed by atoms with E-state index in [1.165, 1.54) is 11.8 Å². The number of amides is 1. The normalized spacial score (nSPS) is 15.6. The monoisotopic (exact) mass is 673 g/mol. The molecule has 5 aromatic rings. The number of likely N-dealkylation sites (tertiary alicyclic amines) is 1. The van der Waals surface area contributed by atoms with Gasteiger partial charge in [-0.15, -0.1) is 0 Å². The molecule has 0 spiro atoms. The van der Waals surface area contributed by atoms with Crippen molar-refractivity contribution in [2.75, 3.05) is 44.7 Å². The number of carbonyl (C=O) groups is 1. The lowest BCUT2D eigenvalue weighted by Crippen LogP contribution is -2.58. The number of aromatic nitrogens is 5. The Balaban J connectivity index is 0.00000129. The number of nitrogens with one attached hydrogen (secondary N) is 1. The van der Waals surface area contributed by atoms with Crippen molar-refractivity contribution in [3.8, 4) is 17.2 Å². The Morgan fingerprint density at radius 3 is 2.50 bits per heavy atom. The molecule has 2 saturated heterocycles. The van der Waals surface area contributed by atoms with Gasteiger partial charge >= 0.3 is 0 Å². The van der Waals surface area contributed by atoms with Crippen molar-refractivity contribution in [3.63, 3.8) is 0 Å². The van der Waals surface area contributed by atoms with Gasteiger partial charge in [-0.3, -0.25) is 14.6 Å². The van der Waals surface area contributed by atoms with E-state index < -0.39 is 17.6 Å². The quantitative estimate of drug-likeness (QED) is 0.196. The highest BCUT2D eigenvalue weighted by Gasteiger charge is 2.34. The summed E-state index contributed by atoms with van der Waals surface area (Å²) in [5, 5.41) is 21.8. The standard InChI is InChI=1S/C33H35ClF2N8O.C2H3N/c1-6-41(5)21-15-43(16-21)32-24-14-38-44(20-7-9-42(10-8-20)33(45)19(4)35)31(24)22-12-25(34)28(29(36)30(22)39-32)27-18(3)17(2)11-26-23(27)13-37-40-26;1-2-3/h11-14,20-21H,4,6-10,15-16H2,1-3,5H3,(H,37,40);1H3. The molecule has 3 aromatic heterocycles. The number of anilines is 1. The first-order valence-corrected chi connectivity index (χ1v) is 16.4. The SMILES string of the molecule is C=C(F)C(=O)N1CCC(n2ncc3c(N4CC(N(C)CC)C4)nc4c(F)c(-c5c(C)c(C)cc6[nH]ncc56)c(Cl)cc4c32)CC1.CC#N. The summed E-state index contributed by atoms with van der Waals surface area (Å²) in [5.74, 6) is -1.44. The molecule has 10 nitrogen and oxygen atoms in total. The van der Waals surface area contributed by atoms with E-state index in [-0.39, 0.29) is 16.6 Å². The lowest BCUT2D eigenvalue weighted by molar-refractivity contribution is -0.129. The number of carbonyl (C=O) groups excluding carboxylic acids is 1. The minimum absolute atomic E-state index is 0.0840. The van der Waals surface area contributed by atoms with Crippen molar-refractivity contribution >= 4 is 56.0 Å². The molecule has 2 aliphatic rings. The van der Waals surface area contributed by atoms with Crippen molar-refractivity contribution in [1.29, 1.82) is 5.26 Å². The molecule has 1 N–H and O–H groups in total. The Hall–Kier alpha value is -4.60. The number of piperidine rings is 1. The predicted molar refractivity (Wildman–Crippen MR) is 185 cm³/mol. The van der Waals surface area contributed by atoms with E-state index in [0.717, 1.165) is 52.6 Å². The predicted octanol–water partition coefficient (Wildman–Crippen LogP) is 6.85. The van der Waals surface area contributed by atoms with Gasteiger partial charge in [0.1, 0.15) is 11.3 Å². The highest BCUT2D eigenvalue weighted by Crippen LogP contribution is 2.44. The lowest BCUT2D eigenvalue weighted by atomic mass is 9.92. The molecule has 250 valence electrons. The number of hydrogen-bond donors (Lipinski definition) is 1. The summed E-state index contributed by atoms with van der Waals surface area (Å²) >= 11 is 7.00. The number of nitrogens with zero attached hydrogens (tertiary/aromatic N) is 8. The van der Waals surface area contributed by atoms with Crippen LogP contribution in [-0.4, -0.2) is 86.5 Å². The Morgan fingerprint density at radius 2 is 1.85 bits per heavy atom. The molecule has 48 heavy (non-hydrogen) atoms. The largest absolute Gasteiger partial charge is 0.353 e. The second kappa shape index (κ2) is 13.1. The summed E-state index contributed by atoms with van der Waals surface area (Å²) in [6, 6.07) is 5.84. The van der Waals surface area contributed by atoms with E-state index in [1.54, 1.807) is 24.5 Å². The van der Waals surface area contributed by atoms with Crippen LogP contribution in [0.2, 0.25) is 5.02 Å². The Kier molecular flexibility index (Phi) is 9.11. The summed E-state index contributed by atoms with van der Waals surface area (Å²) in [7, 11) is 2.10. The van der Waals surface area contributed by atoms with Crippen molar-refractivity contribution in [2.45, 2.75) is 52.6 Å². The van der Waals surface area contributed by atoms with Crippen molar-refractivity contribution in [2.24, 2.45) is 0 Å². The molecule has 2 aromatic carbocycles. The third kappa shape index (κ3) is 5.54. The molecule has 0 aliphatic carbocycles. The van der Waals surface area contributed by atoms with Gasteiger partial charge < -0.3 is 14.7 Å². The highest BCUT2D eigenvalue weighted by molar-refractivity contribution is 6.35. The average Bonchev–Trinajstić information content (AvgIpc) is 3.70. The van der Waals surface area contributed by atoms with Crippen LogP contribution in [0, 0.1) is 31.0 Å². The summed E-state index contributed by atoms with van der Waals surface area (Å²) in [5.41, 5.74) is 4.69. The maximum Gasteiger partial charge on any atom is 0.281 e. The average molecular weight is 674 g/mol. The first-order valence-electron chi connectivity index (χ1n) is 16.0. The van der Waals surface area contributed by atoms with E-state index in [9.17, 15) is 9.18 Å². The number of likely N-dealkylation sites (N-methyl/N-ethyl adjacent to an activating group) is 1. The molecular weight excluding hydrogens is 636 g/mol. The number of benzene rings is 2. The van der Waals surface area contributed by atoms with Gasteiger partial charge in [0.2, 0.25) is 0 Å². The van der Waals surface area contributed by atoms with Crippen LogP contribution in [0.3, 0.4) is 0 Å². The number of aryl methyl sites for hydroxylation is 1. The van der Waals surface area contributed by atoms with Crippen LogP contribution in [0.1, 0.15) is 43.9 Å². The van der Waals surface area contributed by atoms with Gasteiger partial charge in [-0.1, -0.05) is 25.1 Å². The van der Waals surface area contributed by atoms with Gasteiger partial charge in [-0.2, -0.15) is 15.5 Å². The first-order chi connectivity index (χ1) is 23.0. The fourth-order valence-electron chi connectivity index (χ4n) is 6.91. The smallest absolute Gasteiger partial charge is 0.281 e. The minimum Gasteiger partial charge on any atom is -0.353 e. The van der Waals surface area contributed by atoms with Crippen molar-refractivity contribution < 1.29 is 13.6 Å². The van der Waals surface area contributed by atoms with Crippen LogP contribution >= 0.6 is 11.6 Å². The van der Waals surface area contributed by atoms with Crippen LogP contribution in [0.25, 0.3) is 43.8 Å². The Labute approximate surface area is 282 Å². The fourth-order valence-corrected chi connectivity index (χ4v) is 7.19. The Morgan fingerprint density at radius 1 is 1.17 bits per heavy atom. The van der Waals surface area contributed by atoms with Crippen LogP contribution in [0.15, 0.2) is 36.9 Å². The van der Waals surface area contributed by atoms with Gasteiger partial charge in [0.25, 0.3) is 5.91 Å². The molecule has 2 fully saturated rings. The van der Waals surface area contributed by atoms with Crippen LogP contribution in [0.5, 0.6) is 0 Å². The highest BCUT2D eigenvalue weighted by atomic mass is 35.5. The number of aromatic amines is 1. The summed E-state index contributed by atoms with van der Waals surface area (Å²) in [6.07, 6.45) is 4.64. The van der Waals surface area contributed by atoms with Gasteiger partial charge in [-0.05, 0) is 63.5 Å². The molecule has 2 aliphatic heterocycles. The lowest BCUT2D eigenvalue weighted by Gasteiger charge is -2.44. The Bertz CT molecular complexity index is 2100. The van der Waals surface area contributed by atoms with E-state index in [2.05, 4.69) is 40.5 Å². The summed E-state index contributed by atoms with van der Waals surface area (Å²) in [6.45, 7) is 13.9. The third-order valence-electron chi connectivity index (χ3n) is 9.83. The van der Waals surface area contributed by atoms with E-state index >= 15 is 4.39 Å². The molecular formula is C35H38ClF2N9O. The molecule has 0 saturated carbocycles. The minimum atomic E-state index is -0.960. The number of hydrogen-bond acceptors (Lipinski definition) is 7. The summed E-state index contributed by atoms with van der Waals surface area (Å²) in [4.78, 5) is 23.2. The van der Waals surface area contributed by atoms with E-state index in [0.29, 0.717) is 54.3 Å². The topological polar surface area (TPSA) is 110 Å². The number of H-pyrrole nitrogens is 1. The molecule has 0 unspecified atom stereocenters. The van der Waals surface area contributed by atoms with E-state index in [1.807, 2.05) is 24.6 Å². The number of rotatable bonds is 6. The number of halogens is 3. The van der Waals surface area contributed by atoms with E-state index in [4.69, 9.17) is 26.9 Å². The summed E-state index contributed by atoms with van der Waals surface area (Å²) < 4.78 is 32.6. The zero-order valence-corrected chi connectivity index (χ0v) is 28.5. The zero-order chi connectivity index (χ0) is 34.4. The molecule has 5 heterocycles. The van der Waals surface area contributed by atoms with Gasteiger partial charge in [0, 0.05) is 61.0 Å². The fraction of sp³-hybridized carbons (Fsp3) is 0.400. The van der Waals surface area contributed by atoms with Crippen LogP contribution < -0.4 is 4.90 Å². The molecule has 1 amide bonds. The second-order valence-electron chi connectivity index (χ2n) is 12.5. The maximum atomic E-state index is 17.1. The zero-order valence-electron chi connectivity index (χ0n) is 27.7. The van der Waals surface area contributed by atoms with Crippen molar-refractivity contribution in [3.05, 3.63) is 58.9 Å². The maximum absolute atomic E-state index is 17.1. The van der Waals surface area contributed by atoms with Crippen molar-refractivity contribution in [1.82, 2.24) is 34.8 Å². The van der Waals surface area contributed by atoms with Gasteiger partial charge in [0.05, 0.1) is 45.9 Å². The number of nitriles is 1. The number of pyridine rings is 1. The second-order valence-corrected chi connectivity index (χ2v) is 12.9. The molecule has 7 rings (SSSR count). The molecule has 13 heteroatoms. The molecule has 0 atom stereocenters. The molecule has 0 radical (unpaired) electrons. The van der Waals surface area contributed by atoms with Gasteiger partial charge in [0.15, 0.2) is 11.6 Å². The van der Waals surface area contributed by atoms with Gasteiger partial charge in [-0.25, -0.2) is 13.8 Å². The van der Waals surface area contributed by atoms with Crippen LogP contribution in [-0.2, 0) is 4.79 Å². The molecule has 0 bridgehead atoms. The third-order valence-corrected chi connectivity index (χ3v) is 10.1. The number of fused-ring (bicyclic) bond motifs is 4. The van der Waals surface area contributed by atoms with Crippen LogP contribution in [0.4, 0.5) is 14.6 Å². The first kappa shape index (κ1) is 33.3.